The first kappa shape index (κ1) is 19.7. The second-order valence-corrected chi connectivity index (χ2v) is 2.45. The average Bonchev–Trinajstić information content (AvgIpc) is 2.34. The maximum Gasteiger partial charge on any atom is -0.0305 e. The SMILES string of the molecule is C=C/C=C(CC)\C(=C/C)CC.CC.CC. The summed E-state index contributed by atoms with van der Waals surface area (Å²) >= 11 is 0. The van der Waals surface area contributed by atoms with Crippen LogP contribution in [0.3, 0.4) is 0 Å². The Kier molecular flexibility index (Phi) is 24.9. The summed E-state index contributed by atoms with van der Waals surface area (Å²) in [7, 11) is 0. The van der Waals surface area contributed by atoms with Gasteiger partial charge in [0.15, 0.2) is 0 Å². The molecule has 0 aliphatic carbocycles. The monoisotopic (exact) mass is 210 g/mol. The molecule has 0 fully saturated rings. The van der Waals surface area contributed by atoms with Gasteiger partial charge >= 0.3 is 0 Å². The molecule has 0 aromatic heterocycles. The van der Waals surface area contributed by atoms with Gasteiger partial charge in [0.25, 0.3) is 0 Å². The van der Waals surface area contributed by atoms with Gasteiger partial charge in [0.1, 0.15) is 0 Å². The molecule has 0 rings (SSSR count). The summed E-state index contributed by atoms with van der Waals surface area (Å²) in [6, 6.07) is 0. The fourth-order valence-corrected chi connectivity index (χ4v) is 1.21. The van der Waals surface area contributed by atoms with E-state index in [1.807, 2.05) is 33.8 Å². The Morgan fingerprint density at radius 3 is 1.53 bits per heavy atom. The second kappa shape index (κ2) is 18.9. The molecule has 0 unspecified atom stereocenters. The zero-order valence-corrected chi connectivity index (χ0v) is 11.9. The van der Waals surface area contributed by atoms with Gasteiger partial charge in [-0.2, -0.15) is 0 Å². The minimum absolute atomic E-state index is 1.10. The molecule has 0 nitrogen and oxygen atoms in total. The minimum Gasteiger partial charge on any atom is -0.0991 e. The van der Waals surface area contributed by atoms with E-state index < -0.39 is 0 Å². The molecule has 0 aliphatic heterocycles. The first-order chi connectivity index (χ1) is 7.29. The normalized spacial score (nSPS) is 10.6. The molecule has 0 heterocycles. The average molecular weight is 210 g/mol. The van der Waals surface area contributed by atoms with Crippen molar-refractivity contribution in [3.8, 4) is 0 Å². The van der Waals surface area contributed by atoms with E-state index in [1.165, 1.54) is 11.1 Å². The van der Waals surface area contributed by atoms with Crippen LogP contribution in [0, 0.1) is 0 Å². The molecule has 0 aromatic rings. The van der Waals surface area contributed by atoms with Crippen molar-refractivity contribution in [3.63, 3.8) is 0 Å². The molecule has 0 aromatic carbocycles. The van der Waals surface area contributed by atoms with Crippen LogP contribution in [0.5, 0.6) is 0 Å². The maximum atomic E-state index is 3.70. The lowest BCUT2D eigenvalue weighted by Crippen LogP contribution is -1.85. The number of hydrogen-bond acceptors (Lipinski definition) is 0. The van der Waals surface area contributed by atoms with Crippen LogP contribution in [-0.2, 0) is 0 Å². The van der Waals surface area contributed by atoms with Gasteiger partial charge in [-0.1, -0.05) is 66.3 Å². The van der Waals surface area contributed by atoms with E-state index in [-0.39, 0.29) is 0 Å². The van der Waals surface area contributed by atoms with Crippen LogP contribution < -0.4 is 0 Å². The van der Waals surface area contributed by atoms with E-state index in [2.05, 4.69) is 39.5 Å². The highest BCUT2D eigenvalue weighted by Gasteiger charge is 1.96. The van der Waals surface area contributed by atoms with Crippen LogP contribution in [0.25, 0.3) is 0 Å². The Balaban J connectivity index is -0.000000318. The highest BCUT2D eigenvalue weighted by molar-refractivity contribution is 5.32. The van der Waals surface area contributed by atoms with Crippen LogP contribution in [0.4, 0.5) is 0 Å². The Bertz CT molecular complexity index is 170. The number of rotatable bonds is 4. The first-order valence-corrected chi connectivity index (χ1v) is 6.27. The Morgan fingerprint density at radius 1 is 0.933 bits per heavy atom. The highest BCUT2D eigenvalue weighted by atomic mass is 14.0. The third kappa shape index (κ3) is 11.1. The summed E-state index contributed by atoms with van der Waals surface area (Å²) < 4.78 is 0. The lowest BCUT2D eigenvalue weighted by molar-refractivity contribution is 1.02. The molecular formula is C15H30. The third-order valence-corrected chi connectivity index (χ3v) is 1.84. The smallest absolute Gasteiger partial charge is 0.0305 e. The zero-order valence-electron chi connectivity index (χ0n) is 11.9. The van der Waals surface area contributed by atoms with Gasteiger partial charge in [-0.25, -0.2) is 0 Å². The zero-order chi connectivity index (χ0) is 12.7. The van der Waals surface area contributed by atoms with Crippen LogP contribution in [0.15, 0.2) is 36.0 Å². The van der Waals surface area contributed by atoms with Crippen LogP contribution in [-0.4, -0.2) is 0 Å². The number of allylic oxidation sites excluding steroid dienone is 5. The molecule has 0 heteroatoms. The van der Waals surface area contributed by atoms with Crippen LogP contribution >= 0.6 is 0 Å². The van der Waals surface area contributed by atoms with Crippen molar-refractivity contribution < 1.29 is 0 Å². The molecule has 0 amide bonds. The quantitative estimate of drug-likeness (QED) is 0.505. The van der Waals surface area contributed by atoms with Crippen LogP contribution in [0.1, 0.15) is 61.3 Å². The topological polar surface area (TPSA) is 0 Å². The van der Waals surface area contributed by atoms with Crippen molar-refractivity contribution in [2.24, 2.45) is 0 Å². The third-order valence-electron chi connectivity index (χ3n) is 1.84. The fourth-order valence-electron chi connectivity index (χ4n) is 1.21. The lowest BCUT2D eigenvalue weighted by Gasteiger charge is -2.05. The maximum absolute atomic E-state index is 3.70. The van der Waals surface area contributed by atoms with E-state index in [9.17, 15) is 0 Å². The van der Waals surface area contributed by atoms with E-state index in [1.54, 1.807) is 0 Å². The van der Waals surface area contributed by atoms with Gasteiger partial charge in [-0.3, -0.25) is 0 Å². The molecular weight excluding hydrogens is 180 g/mol. The van der Waals surface area contributed by atoms with Crippen molar-refractivity contribution in [1.82, 2.24) is 0 Å². The van der Waals surface area contributed by atoms with Crippen LogP contribution in [0.2, 0.25) is 0 Å². The fraction of sp³-hybridized carbons (Fsp3) is 0.600. The molecule has 0 radical (unpaired) electrons. The van der Waals surface area contributed by atoms with E-state index >= 15 is 0 Å². The molecule has 0 spiro atoms. The minimum atomic E-state index is 1.10. The van der Waals surface area contributed by atoms with Crippen molar-refractivity contribution in [1.29, 1.82) is 0 Å². The molecule has 0 saturated carbocycles. The van der Waals surface area contributed by atoms with Gasteiger partial charge in [0.2, 0.25) is 0 Å². The molecule has 0 N–H and O–H groups in total. The van der Waals surface area contributed by atoms with Crippen molar-refractivity contribution >= 4 is 0 Å². The van der Waals surface area contributed by atoms with Gasteiger partial charge in [-0.15, -0.1) is 0 Å². The molecule has 15 heavy (non-hydrogen) atoms. The summed E-state index contributed by atoms with van der Waals surface area (Å²) in [5, 5.41) is 0. The Morgan fingerprint density at radius 2 is 1.33 bits per heavy atom. The Hall–Kier alpha value is -0.780. The van der Waals surface area contributed by atoms with Gasteiger partial charge in [0.05, 0.1) is 0 Å². The van der Waals surface area contributed by atoms with E-state index in [0.29, 0.717) is 0 Å². The van der Waals surface area contributed by atoms with E-state index in [4.69, 9.17) is 0 Å². The molecule has 90 valence electrons. The van der Waals surface area contributed by atoms with Gasteiger partial charge in [0, 0.05) is 0 Å². The van der Waals surface area contributed by atoms with Gasteiger partial charge < -0.3 is 0 Å². The number of hydrogen-bond donors (Lipinski definition) is 0. The second-order valence-electron chi connectivity index (χ2n) is 2.45. The van der Waals surface area contributed by atoms with Crippen molar-refractivity contribution in [2.75, 3.05) is 0 Å². The molecule has 0 atom stereocenters. The predicted molar refractivity (Wildman–Crippen MR) is 75.3 cm³/mol. The first-order valence-electron chi connectivity index (χ1n) is 6.27. The summed E-state index contributed by atoms with van der Waals surface area (Å²) in [5.41, 5.74) is 2.84. The van der Waals surface area contributed by atoms with Crippen molar-refractivity contribution in [2.45, 2.75) is 61.3 Å². The van der Waals surface area contributed by atoms with Crippen molar-refractivity contribution in [3.05, 3.63) is 36.0 Å². The molecule has 0 bridgehead atoms. The summed E-state index contributed by atoms with van der Waals surface area (Å²) in [6.07, 6.45) is 8.35. The predicted octanol–water partition coefficient (Wildman–Crippen LogP) is 5.92. The molecule has 0 aliphatic rings. The molecule has 0 saturated heterocycles. The largest absolute Gasteiger partial charge is 0.0991 e. The van der Waals surface area contributed by atoms with E-state index in [0.717, 1.165) is 12.8 Å². The Labute approximate surface area is 97.8 Å². The summed E-state index contributed by atoms with van der Waals surface area (Å²) in [6.45, 7) is 18.1. The highest BCUT2D eigenvalue weighted by Crippen LogP contribution is 2.16. The summed E-state index contributed by atoms with van der Waals surface area (Å²) in [4.78, 5) is 0. The summed E-state index contributed by atoms with van der Waals surface area (Å²) in [5.74, 6) is 0. The van der Waals surface area contributed by atoms with Gasteiger partial charge in [-0.05, 0) is 30.9 Å². The standard InChI is InChI=1S/C11H18.2C2H6/c1-5-9-11(8-4)10(6-2)7-3;2*1-2/h5-6,9H,1,7-8H2,2-4H3;2*1-2H3/b10-6-,11-9-;;. The lowest BCUT2D eigenvalue weighted by atomic mass is 10.0.